The minimum atomic E-state index is -0.632. The molecule has 0 aromatic heterocycles. The van der Waals surface area contributed by atoms with Gasteiger partial charge >= 0.3 is 5.97 Å². The molecule has 1 N–H and O–H groups in total. The Morgan fingerprint density at radius 1 is 1.16 bits per heavy atom. The highest BCUT2D eigenvalue weighted by atomic mass is 16.5. The average Bonchev–Trinajstić information content (AvgIpc) is 2.68. The Morgan fingerprint density at radius 3 is 2.26 bits per heavy atom. The topological polar surface area (TPSA) is 82.2 Å². The maximum Gasteiger partial charge on any atom is 0.319 e. The van der Waals surface area contributed by atoms with E-state index in [4.69, 9.17) is 4.74 Å². The van der Waals surface area contributed by atoms with Crippen LogP contribution in [0.2, 0.25) is 0 Å². The van der Waals surface area contributed by atoms with E-state index in [1.807, 2.05) is 39.8 Å². The predicted octanol–water partition coefficient (Wildman–Crippen LogP) is 1.59. The van der Waals surface area contributed by atoms with Crippen LogP contribution in [0.4, 0.5) is 0 Å². The quantitative estimate of drug-likeness (QED) is 0.549. The molecule has 0 bridgehead atoms. The first kappa shape index (κ1) is 27.4. The number of nitrogens with one attached hydrogen (secondary N) is 1. The van der Waals surface area contributed by atoms with E-state index < -0.39 is 11.5 Å². The molecule has 180 valence electrons. The van der Waals surface area contributed by atoms with Crippen LogP contribution < -0.4 is 5.32 Å². The molecule has 2 amide bonds. The van der Waals surface area contributed by atoms with Gasteiger partial charge in [0, 0.05) is 19.6 Å². The Kier molecular flexibility index (Phi) is 10.4. The summed E-state index contributed by atoms with van der Waals surface area (Å²) >= 11 is 0. The van der Waals surface area contributed by atoms with Gasteiger partial charge in [0.2, 0.25) is 11.8 Å². The number of carbonyl (C=O) groups excluding carboxylic acids is 3. The third-order valence-electron chi connectivity index (χ3n) is 6.21. The first-order valence-corrected chi connectivity index (χ1v) is 11.3. The van der Waals surface area contributed by atoms with Gasteiger partial charge in [0.15, 0.2) is 0 Å². The van der Waals surface area contributed by atoms with Gasteiger partial charge in [0.25, 0.3) is 0 Å². The van der Waals surface area contributed by atoms with Crippen LogP contribution in [0, 0.1) is 11.3 Å². The Bertz CT molecular complexity index is 617. The molecule has 1 saturated heterocycles. The van der Waals surface area contributed by atoms with E-state index in [0.29, 0.717) is 6.54 Å². The van der Waals surface area contributed by atoms with Gasteiger partial charge < -0.3 is 15.0 Å². The van der Waals surface area contributed by atoms with Crippen LogP contribution in [0.25, 0.3) is 0 Å². The van der Waals surface area contributed by atoms with Crippen molar-refractivity contribution in [2.75, 3.05) is 47.9 Å². The van der Waals surface area contributed by atoms with Crippen LogP contribution in [-0.2, 0) is 19.1 Å². The second-order valence-corrected chi connectivity index (χ2v) is 10.3. The van der Waals surface area contributed by atoms with Crippen LogP contribution in [0.1, 0.15) is 53.9 Å². The maximum atomic E-state index is 13.6. The number of piperidine rings is 1. The van der Waals surface area contributed by atoms with Crippen molar-refractivity contribution < 1.29 is 19.1 Å². The van der Waals surface area contributed by atoms with Crippen molar-refractivity contribution in [3.8, 4) is 0 Å². The lowest BCUT2D eigenvalue weighted by atomic mass is 9.84. The molecule has 0 aromatic carbocycles. The molecule has 1 heterocycles. The second kappa shape index (κ2) is 11.8. The summed E-state index contributed by atoms with van der Waals surface area (Å²) in [6.45, 7) is 11.6. The molecule has 3 atom stereocenters. The highest BCUT2D eigenvalue weighted by Crippen LogP contribution is 2.24. The van der Waals surface area contributed by atoms with E-state index in [1.165, 1.54) is 7.11 Å². The number of methoxy groups -OCH3 is 1. The van der Waals surface area contributed by atoms with Crippen LogP contribution in [0.3, 0.4) is 0 Å². The largest absolute Gasteiger partial charge is 0.468 e. The number of nitrogens with zero attached hydrogens (tertiary/aromatic N) is 3. The van der Waals surface area contributed by atoms with Crippen molar-refractivity contribution >= 4 is 17.8 Å². The lowest BCUT2D eigenvalue weighted by Gasteiger charge is -2.40. The molecule has 1 aliphatic heterocycles. The maximum absolute atomic E-state index is 13.6. The van der Waals surface area contributed by atoms with Gasteiger partial charge in [-0.25, -0.2) is 0 Å². The van der Waals surface area contributed by atoms with E-state index in [-0.39, 0.29) is 42.3 Å². The fraction of sp³-hybridized carbons (Fsp3) is 0.870. The minimum absolute atomic E-state index is 0.0761. The number of hydrogen-bond acceptors (Lipinski definition) is 6. The molecule has 8 nitrogen and oxygen atoms in total. The monoisotopic (exact) mass is 440 g/mol. The lowest BCUT2D eigenvalue weighted by Crippen LogP contribution is -2.60. The van der Waals surface area contributed by atoms with Gasteiger partial charge in [-0.15, -0.1) is 0 Å². The molecule has 8 heteroatoms. The Balaban J connectivity index is 2.98. The third kappa shape index (κ3) is 8.07. The van der Waals surface area contributed by atoms with Crippen molar-refractivity contribution in [2.24, 2.45) is 11.3 Å². The molecule has 1 fully saturated rings. The molecule has 0 saturated carbocycles. The van der Waals surface area contributed by atoms with Gasteiger partial charge in [-0.3, -0.25) is 24.2 Å². The zero-order valence-electron chi connectivity index (χ0n) is 21.0. The van der Waals surface area contributed by atoms with E-state index in [9.17, 15) is 14.4 Å². The molecule has 2 unspecified atom stereocenters. The SMILES string of the molecule is COC(=O)CN(C)C[C@H](C(C)C)N(C)C(=O)C(NC(=O)C1CCCCN1C)C(C)(C)C. The smallest absolute Gasteiger partial charge is 0.319 e. The fourth-order valence-corrected chi connectivity index (χ4v) is 4.11. The summed E-state index contributed by atoms with van der Waals surface area (Å²) in [5.74, 6) is -0.317. The van der Waals surface area contributed by atoms with E-state index >= 15 is 0 Å². The summed E-state index contributed by atoms with van der Waals surface area (Å²) in [5, 5.41) is 3.07. The van der Waals surface area contributed by atoms with Gasteiger partial charge in [-0.1, -0.05) is 41.0 Å². The number of hydrogen-bond donors (Lipinski definition) is 1. The molecule has 1 aliphatic rings. The fourth-order valence-electron chi connectivity index (χ4n) is 4.11. The summed E-state index contributed by atoms with van der Waals surface area (Å²) in [5.41, 5.74) is -0.437. The Morgan fingerprint density at radius 2 is 1.77 bits per heavy atom. The van der Waals surface area contributed by atoms with Crippen molar-refractivity contribution in [3.63, 3.8) is 0 Å². The van der Waals surface area contributed by atoms with E-state index in [1.54, 1.807) is 11.9 Å². The molecule has 0 radical (unpaired) electrons. The summed E-state index contributed by atoms with van der Waals surface area (Å²) in [4.78, 5) is 43.9. The molecule has 31 heavy (non-hydrogen) atoms. The molecule has 0 aliphatic carbocycles. The molecule has 0 spiro atoms. The van der Waals surface area contributed by atoms with Gasteiger partial charge in [-0.2, -0.15) is 0 Å². The number of esters is 1. The summed E-state index contributed by atoms with van der Waals surface area (Å²) in [7, 11) is 6.96. The highest BCUT2D eigenvalue weighted by molar-refractivity contribution is 5.90. The normalized spacial score (nSPS) is 19.8. The molecule has 1 rings (SSSR count). The second-order valence-electron chi connectivity index (χ2n) is 10.3. The van der Waals surface area contributed by atoms with Crippen LogP contribution in [0.15, 0.2) is 0 Å². The van der Waals surface area contributed by atoms with Crippen LogP contribution >= 0.6 is 0 Å². The number of rotatable bonds is 9. The van der Waals surface area contributed by atoms with Crippen LogP contribution in [0.5, 0.6) is 0 Å². The van der Waals surface area contributed by atoms with Crippen molar-refractivity contribution in [1.82, 2.24) is 20.0 Å². The van der Waals surface area contributed by atoms with Crippen LogP contribution in [-0.4, -0.2) is 98.5 Å². The minimum Gasteiger partial charge on any atom is -0.468 e. The molecule has 0 aromatic rings. The summed E-state index contributed by atoms with van der Waals surface area (Å²) < 4.78 is 4.75. The zero-order valence-corrected chi connectivity index (χ0v) is 21.0. The number of ether oxygens (including phenoxy) is 1. The number of carbonyl (C=O) groups is 3. The highest BCUT2D eigenvalue weighted by Gasteiger charge is 2.39. The first-order chi connectivity index (χ1) is 14.3. The Labute approximate surface area is 188 Å². The van der Waals surface area contributed by atoms with Gasteiger partial charge in [-0.05, 0) is 44.8 Å². The summed E-state index contributed by atoms with van der Waals surface area (Å²) in [6, 6.07) is -0.933. The predicted molar refractivity (Wildman–Crippen MR) is 123 cm³/mol. The van der Waals surface area contributed by atoms with Gasteiger partial charge in [0.1, 0.15) is 6.04 Å². The number of likely N-dealkylation sites (N-methyl/N-ethyl adjacent to an activating group) is 3. The van der Waals surface area contributed by atoms with Gasteiger partial charge in [0.05, 0.1) is 19.7 Å². The Hall–Kier alpha value is -1.67. The first-order valence-electron chi connectivity index (χ1n) is 11.3. The summed E-state index contributed by atoms with van der Waals surface area (Å²) in [6.07, 6.45) is 2.94. The average molecular weight is 441 g/mol. The van der Waals surface area contributed by atoms with Crippen molar-refractivity contribution in [1.29, 1.82) is 0 Å². The molecular weight excluding hydrogens is 396 g/mol. The van der Waals surface area contributed by atoms with Crippen molar-refractivity contribution in [2.45, 2.75) is 72.0 Å². The number of likely N-dealkylation sites (tertiary alicyclic amines) is 1. The standard InChI is InChI=1S/C23H44N4O4/c1-16(2)18(14-25(6)15-19(28)31-9)27(8)22(30)20(23(3,4)5)24-21(29)17-12-10-11-13-26(17)7/h16-18,20H,10-15H2,1-9H3,(H,24,29)/t17?,18-,20?/m1/s1. The van der Waals surface area contributed by atoms with Crippen molar-refractivity contribution in [3.05, 3.63) is 0 Å². The third-order valence-corrected chi connectivity index (χ3v) is 6.21. The van der Waals surface area contributed by atoms with E-state index in [0.717, 1.165) is 25.8 Å². The number of amides is 2. The lowest BCUT2D eigenvalue weighted by molar-refractivity contribution is -0.143. The van der Waals surface area contributed by atoms with E-state index in [2.05, 4.69) is 24.1 Å². The molecular formula is C23H44N4O4. The zero-order chi connectivity index (χ0) is 23.9.